The number of thioether (sulfide) groups is 1. The van der Waals surface area contributed by atoms with Crippen molar-refractivity contribution in [1.82, 2.24) is 4.98 Å². The predicted octanol–water partition coefficient (Wildman–Crippen LogP) is 1.57. The monoisotopic (exact) mass is 259 g/mol. The van der Waals surface area contributed by atoms with Gasteiger partial charge in [-0.2, -0.15) is 0 Å². The molecule has 0 aliphatic heterocycles. The van der Waals surface area contributed by atoms with Gasteiger partial charge < -0.3 is 9.84 Å². The Morgan fingerprint density at radius 2 is 2.29 bits per heavy atom. The third-order valence-electron chi connectivity index (χ3n) is 1.68. The number of ether oxygens (including phenoxy) is 1. The van der Waals surface area contributed by atoms with Gasteiger partial charge in [0.1, 0.15) is 10.8 Å². The molecule has 0 saturated heterocycles. The highest BCUT2D eigenvalue weighted by Gasteiger charge is 2.15. The van der Waals surface area contributed by atoms with Gasteiger partial charge in [0.15, 0.2) is 0 Å². The number of nitrogens with zero attached hydrogens (tertiary/aromatic N) is 1. The second-order valence-electron chi connectivity index (χ2n) is 2.91. The van der Waals surface area contributed by atoms with E-state index in [1.54, 1.807) is 6.92 Å². The normalized spacial score (nSPS) is 10.0. The molecular formula is C10H10FNO4S. The highest BCUT2D eigenvalue weighted by Crippen LogP contribution is 2.21. The largest absolute Gasteiger partial charge is 0.478 e. The number of carboxylic acid groups (broad SMARTS) is 1. The molecule has 0 spiro atoms. The van der Waals surface area contributed by atoms with Crippen LogP contribution in [0.5, 0.6) is 0 Å². The number of rotatable bonds is 5. The van der Waals surface area contributed by atoms with Crippen LogP contribution in [0.3, 0.4) is 0 Å². The number of aromatic carboxylic acids is 1. The molecule has 1 heterocycles. The molecule has 1 aromatic heterocycles. The van der Waals surface area contributed by atoms with Crippen molar-refractivity contribution in [3.05, 3.63) is 23.6 Å². The third-order valence-corrected chi connectivity index (χ3v) is 2.66. The summed E-state index contributed by atoms with van der Waals surface area (Å²) in [4.78, 5) is 25.5. The lowest BCUT2D eigenvalue weighted by Gasteiger charge is -2.04. The van der Waals surface area contributed by atoms with Gasteiger partial charge >= 0.3 is 11.9 Å². The van der Waals surface area contributed by atoms with Crippen LogP contribution in [0, 0.1) is 5.82 Å². The van der Waals surface area contributed by atoms with E-state index >= 15 is 0 Å². The van der Waals surface area contributed by atoms with Crippen molar-refractivity contribution >= 4 is 23.7 Å². The number of esters is 1. The summed E-state index contributed by atoms with van der Waals surface area (Å²) in [5.74, 6) is -2.56. The van der Waals surface area contributed by atoms with Crippen molar-refractivity contribution < 1.29 is 23.8 Å². The molecule has 0 atom stereocenters. The molecule has 0 fully saturated rings. The highest BCUT2D eigenvalue weighted by atomic mass is 32.2. The number of hydrogen-bond donors (Lipinski definition) is 1. The standard InChI is InChI=1S/C10H10FNO4S/c1-2-16-8(13)5-17-9-7(10(14)15)3-6(11)4-12-9/h3-4H,2,5H2,1H3,(H,14,15). The quantitative estimate of drug-likeness (QED) is 0.639. The average Bonchev–Trinajstić information content (AvgIpc) is 2.27. The van der Waals surface area contributed by atoms with Crippen molar-refractivity contribution in [3.63, 3.8) is 0 Å². The maximum atomic E-state index is 12.8. The van der Waals surface area contributed by atoms with E-state index in [0.29, 0.717) is 0 Å². The summed E-state index contributed by atoms with van der Waals surface area (Å²) < 4.78 is 17.5. The van der Waals surface area contributed by atoms with Gasteiger partial charge in [-0.25, -0.2) is 14.2 Å². The van der Waals surface area contributed by atoms with E-state index in [4.69, 9.17) is 5.11 Å². The predicted molar refractivity (Wildman–Crippen MR) is 58.5 cm³/mol. The summed E-state index contributed by atoms with van der Waals surface area (Å²) in [6.07, 6.45) is 0.903. The first kappa shape index (κ1) is 13.4. The third kappa shape index (κ3) is 4.03. The second kappa shape index (κ2) is 6.19. The molecule has 5 nitrogen and oxygen atoms in total. The Kier molecular flexibility index (Phi) is 4.89. The number of carbonyl (C=O) groups is 2. The van der Waals surface area contributed by atoms with Crippen molar-refractivity contribution in [2.45, 2.75) is 11.9 Å². The summed E-state index contributed by atoms with van der Waals surface area (Å²) in [6, 6.07) is 0.864. The van der Waals surface area contributed by atoms with Crippen LogP contribution in [0.2, 0.25) is 0 Å². The van der Waals surface area contributed by atoms with E-state index in [-0.39, 0.29) is 22.9 Å². The van der Waals surface area contributed by atoms with Crippen LogP contribution in [0.25, 0.3) is 0 Å². The van der Waals surface area contributed by atoms with Gasteiger partial charge in [0, 0.05) is 0 Å². The van der Waals surface area contributed by atoms with Crippen LogP contribution in [-0.2, 0) is 9.53 Å². The molecule has 1 N–H and O–H groups in total. The Labute approximate surface area is 101 Å². The van der Waals surface area contributed by atoms with Crippen LogP contribution in [0.4, 0.5) is 4.39 Å². The molecule has 0 aromatic carbocycles. The summed E-state index contributed by atoms with van der Waals surface area (Å²) in [5.41, 5.74) is -0.265. The van der Waals surface area contributed by atoms with E-state index in [9.17, 15) is 14.0 Å². The van der Waals surface area contributed by atoms with Gasteiger partial charge in [0.25, 0.3) is 0 Å². The van der Waals surface area contributed by atoms with Crippen molar-refractivity contribution in [3.8, 4) is 0 Å². The minimum Gasteiger partial charge on any atom is -0.478 e. The van der Waals surface area contributed by atoms with Gasteiger partial charge in [-0.3, -0.25) is 4.79 Å². The molecule has 0 aliphatic rings. The maximum Gasteiger partial charge on any atom is 0.338 e. The molecule has 0 aliphatic carbocycles. The fourth-order valence-electron chi connectivity index (χ4n) is 1.02. The van der Waals surface area contributed by atoms with Crippen LogP contribution < -0.4 is 0 Å². The fraction of sp³-hybridized carbons (Fsp3) is 0.300. The van der Waals surface area contributed by atoms with E-state index in [1.165, 1.54) is 0 Å². The van der Waals surface area contributed by atoms with E-state index in [2.05, 4.69) is 9.72 Å². The minimum atomic E-state index is -1.29. The first-order valence-corrected chi connectivity index (χ1v) is 5.70. The molecule has 0 saturated carbocycles. The van der Waals surface area contributed by atoms with Crippen LogP contribution in [0.15, 0.2) is 17.3 Å². The fourth-order valence-corrected chi connectivity index (χ4v) is 1.79. The lowest BCUT2D eigenvalue weighted by molar-refractivity contribution is -0.139. The lowest BCUT2D eigenvalue weighted by Crippen LogP contribution is -2.08. The zero-order chi connectivity index (χ0) is 12.8. The zero-order valence-corrected chi connectivity index (χ0v) is 9.79. The van der Waals surface area contributed by atoms with Crippen molar-refractivity contribution in [1.29, 1.82) is 0 Å². The molecule has 1 rings (SSSR count). The Morgan fingerprint density at radius 3 is 2.88 bits per heavy atom. The summed E-state index contributed by atoms with van der Waals surface area (Å²) >= 11 is 0.899. The first-order valence-electron chi connectivity index (χ1n) is 4.71. The lowest BCUT2D eigenvalue weighted by atomic mass is 10.3. The smallest absolute Gasteiger partial charge is 0.338 e. The highest BCUT2D eigenvalue weighted by molar-refractivity contribution is 8.00. The molecule has 7 heteroatoms. The maximum absolute atomic E-state index is 12.8. The summed E-state index contributed by atoms with van der Waals surface area (Å²) in [6.45, 7) is 1.92. The molecule has 92 valence electrons. The van der Waals surface area contributed by atoms with Crippen molar-refractivity contribution in [2.24, 2.45) is 0 Å². The number of halogens is 1. The summed E-state index contributed by atoms with van der Waals surface area (Å²) in [7, 11) is 0. The Balaban J connectivity index is 2.77. The summed E-state index contributed by atoms with van der Waals surface area (Å²) in [5, 5.41) is 8.91. The van der Waals surface area contributed by atoms with Crippen LogP contribution >= 0.6 is 11.8 Å². The number of hydrogen-bond acceptors (Lipinski definition) is 5. The Hall–Kier alpha value is -1.63. The van der Waals surface area contributed by atoms with Gasteiger partial charge in [-0.15, -0.1) is 0 Å². The molecule has 0 bridgehead atoms. The van der Waals surface area contributed by atoms with Crippen LogP contribution in [0.1, 0.15) is 17.3 Å². The van der Waals surface area contributed by atoms with E-state index in [1.807, 2.05) is 0 Å². The Bertz CT molecular complexity index is 438. The average molecular weight is 259 g/mol. The van der Waals surface area contributed by atoms with Gasteiger partial charge in [0.2, 0.25) is 0 Å². The zero-order valence-electron chi connectivity index (χ0n) is 8.97. The van der Waals surface area contributed by atoms with E-state index in [0.717, 1.165) is 24.0 Å². The molecule has 17 heavy (non-hydrogen) atoms. The van der Waals surface area contributed by atoms with Gasteiger partial charge in [-0.05, 0) is 13.0 Å². The molecule has 0 unspecified atom stereocenters. The minimum absolute atomic E-state index is 0.0627. The second-order valence-corrected chi connectivity index (χ2v) is 3.87. The number of carboxylic acids is 1. The van der Waals surface area contributed by atoms with Crippen LogP contribution in [-0.4, -0.2) is 34.4 Å². The molecule has 0 amide bonds. The number of pyridine rings is 1. The molecular weight excluding hydrogens is 249 g/mol. The molecule has 0 radical (unpaired) electrons. The van der Waals surface area contributed by atoms with Gasteiger partial charge in [-0.1, -0.05) is 11.8 Å². The molecule has 1 aromatic rings. The van der Waals surface area contributed by atoms with Crippen molar-refractivity contribution in [2.75, 3.05) is 12.4 Å². The Morgan fingerprint density at radius 1 is 1.59 bits per heavy atom. The SMILES string of the molecule is CCOC(=O)CSc1ncc(F)cc1C(=O)O. The van der Waals surface area contributed by atoms with E-state index < -0.39 is 17.8 Å². The topological polar surface area (TPSA) is 76.5 Å². The van der Waals surface area contributed by atoms with Gasteiger partial charge in [0.05, 0.1) is 24.1 Å². The number of carbonyl (C=O) groups excluding carboxylic acids is 1. The number of aromatic nitrogens is 1. The first-order chi connectivity index (χ1) is 8.04.